The Morgan fingerprint density at radius 3 is 2.38 bits per heavy atom. The number of rotatable bonds is 12. The van der Waals surface area contributed by atoms with Crippen LogP contribution in [-0.2, 0) is 25.6 Å². The maximum absolute atomic E-state index is 15.3. The van der Waals surface area contributed by atoms with E-state index in [-0.39, 0.29) is 36.9 Å². The van der Waals surface area contributed by atoms with Crippen LogP contribution in [-0.4, -0.2) is 93.2 Å². The number of carbonyl (C=O) groups is 3. The highest BCUT2D eigenvalue weighted by Crippen LogP contribution is 2.44. The molecule has 3 amide bonds. The van der Waals surface area contributed by atoms with E-state index >= 15 is 4.79 Å². The number of methoxy groups -OCH3 is 3. The Morgan fingerprint density at radius 2 is 1.69 bits per heavy atom. The number of carbonyl (C=O) groups excluding carboxylic acids is 3. The molecule has 3 aliphatic rings. The Morgan fingerprint density at radius 1 is 0.945 bits per heavy atom. The van der Waals surface area contributed by atoms with E-state index in [0.717, 1.165) is 34.9 Å². The second kappa shape index (κ2) is 15.9. The van der Waals surface area contributed by atoms with Crippen molar-refractivity contribution in [3.63, 3.8) is 0 Å². The molecule has 3 heterocycles. The van der Waals surface area contributed by atoms with E-state index in [0.29, 0.717) is 67.7 Å². The molecule has 0 bridgehead atoms. The molecule has 1 saturated carbocycles. The number of ether oxygens (including phenoxy) is 5. The Labute approximate surface area is 322 Å². The summed E-state index contributed by atoms with van der Waals surface area (Å²) in [7, 11) is 4.93. The summed E-state index contributed by atoms with van der Waals surface area (Å²) < 4.78 is 30.3. The van der Waals surface area contributed by atoms with Gasteiger partial charge in [0.2, 0.25) is 5.91 Å². The molecule has 0 N–H and O–H groups in total. The van der Waals surface area contributed by atoms with Crippen molar-refractivity contribution >= 4 is 40.2 Å². The number of nitrogens with zero attached hydrogens (tertiary/aromatic N) is 4. The number of anilines is 2. The number of amides is 3. The maximum atomic E-state index is 15.3. The fourth-order valence-electron chi connectivity index (χ4n) is 7.90. The first-order chi connectivity index (χ1) is 26.5. The molecule has 2 aliphatic heterocycles. The highest BCUT2D eigenvalue weighted by atomic mass is 16.6. The molecular formula is C43H52N4O8. The van der Waals surface area contributed by atoms with Gasteiger partial charge in [-0.05, 0) is 94.0 Å². The molecule has 12 heteroatoms. The topological polar surface area (TPSA) is 112 Å². The molecule has 4 aromatic rings. The van der Waals surface area contributed by atoms with Crippen molar-refractivity contribution in [2.75, 3.05) is 64.0 Å². The molecule has 1 aliphatic carbocycles. The largest absolute Gasteiger partial charge is 0.497 e. The summed E-state index contributed by atoms with van der Waals surface area (Å²) in [5.41, 5.74) is 3.81. The van der Waals surface area contributed by atoms with Crippen molar-refractivity contribution in [2.24, 2.45) is 5.92 Å². The van der Waals surface area contributed by atoms with Gasteiger partial charge in [0, 0.05) is 80.7 Å². The highest BCUT2D eigenvalue weighted by molar-refractivity contribution is 6.01. The van der Waals surface area contributed by atoms with Gasteiger partial charge in [-0.15, -0.1) is 0 Å². The third-order valence-electron chi connectivity index (χ3n) is 10.6. The van der Waals surface area contributed by atoms with Gasteiger partial charge in [0.05, 0.1) is 25.8 Å². The van der Waals surface area contributed by atoms with Crippen molar-refractivity contribution in [1.29, 1.82) is 0 Å². The molecule has 3 aromatic carbocycles. The second-order valence-electron chi connectivity index (χ2n) is 15.7. The van der Waals surface area contributed by atoms with Crippen LogP contribution < -0.4 is 24.0 Å². The molecule has 0 radical (unpaired) electrons. The number of hydrogen-bond donors (Lipinski definition) is 0. The van der Waals surface area contributed by atoms with Crippen LogP contribution in [0.25, 0.3) is 10.9 Å². The zero-order valence-corrected chi connectivity index (χ0v) is 32.7. The minimum absolute atomic E-state index is 0.00892. The summed E-state index contributed by atoms with van der Waals surface area (Å²) in [5, 5.41) is 1.07. The molecule has 7 rings (SSSR count). The van der Waals surface area contributed by atoms with Gasteiger partial charge >= 0.3 is 6.09 Å². The fourth-order valence-corrected chi connectivity index (χ4v) is 7.90. The molecule has 2 atom stereocenters. The van der Waals surface area contributed by atoms with Gasteiger partial charge in [-0.25, -0.2) is 4.79 Å². The third kappa shape index (κ3) is 8.24. The van der Waals surface area contributed by atoms with Gasteiger partial charge in [-0.3, -0.25) is 9.59 Å². The summed E-state index contributed by atoms with van der Waals surface area (Å²) in [6, 6.07) is 19.8. The van der Waals surface area contributed by atoms with Crippen LogP contribution in [0.15, 0.2) is 66.9 Å². The lowest BCUT2D eigenvalue weighted by Gasteiger charge is -2.40. The molecule has 55 heavy (non-hydrogen) atoms. The first-order valence-electron chi connectivity index (χ1n) is 19.1. The molecular weight excluding hydrogens is 700 g/mol. The van der Waals surface area contributed by atoms with E-state index in [2.05, 4.69) is 22.9 Å². The maximum Gasteiger partial charge on any atom is 0.410 e. The van der Waals surface area contributed by atoms with Crippen LogP contribution in [0.2, 0.25) is 0 Å². The van der Waals surface area contributed by atoms with E-state index in [1.807, 2.05) is 74.2 Å². The number of benzene rings is 3. The number of para-hydroxylation sites is 1. The number of aromatic nitrogens is 1. The quantitative estimate of drug-likeness (QED) is 0.142. The number of likely N-dealkylation sites (tertiary alicyclic amines) is 1. The summed E-state index contributed by atoms with van der Waals surface area (Å²) in [6.45, 7) is 7.75. The van der Waals surface area contributed by atoms with E-state index in [1.165, 1.54) is 0 Å². The Balaban J connectivity index is 1.27. The molecule has 292 valence electrons. The zero-order chi connectivity index (χ0) is 38.9. The predicted molar refractivity (Wildman–Crippen MR) is 211 cm³/mol. The average Bonchev–Trinajstić information content (AvgIpc) is 3.95. The third-order valence-corrected chi connectivity index (χ3v) is 10.6. The van der Waals surface area contributed by atoms with Crippen molar-refractivity contribution in [3.8, 4) is 17.2 Å². The van der Waals surface area contributed by atoms with Crippen LogP contribution in [0, 0.1) is 5.92 Å². The van der Waals surface area contributed by atoms with Crippen LogP contribution >= 0.6 is 0 Å². The molecule has 1 aromatic heterocycles. The van der Waals surface area contributed by atoms with E-state index in [1.54, 1.807) is 31.1 Å². The van der Waals surface area contributed by atoms with Gasteiger partial charge < -0.3 is 43.0 Å². The van der Waals surface area contributed by atoms with E-state index in [9.17, 15) is 9.59 Å². The standard InChI is InChI=1S/C43H52N4O8/c1-43(2,3)55-42(50)44-18-16-33(35-25-45(37-11-8-7-10-34(35)37)24-28-20-31(52-5)23-32(21-28)53-6)36(26-44)41(49)47(29-12-13-29)30-14-15-39-38(22-30)46(17-9-19-51-4)40(48)27-54-39/h7-8,10-11,14-15,20-23,25,29,33,36H,9,12-13,16-19,24,26-27H2,1-6H3/t33-,36+/m1/s1. The minimum atomic E-state index is -0.679. The van der Waals surface area contributed by atoms with E-state index < -0.39 is 17.6 Å². The van der Waals surface area contributed by atoms with E-state index in [4.69, 9.17) is 23.7 Å². The minimum Gasteiger partial charge on any atom is -0.497 e. The lowest BCUT2D eigenvalue weighted by Crippen LogP contribution is -2.51. The summed E-state index contributed by atoms with van der Waals surface area (Å²) >= 11 is 0. The molecule has 2 fully saturated rings. The molecule has 0 unspecified atom stereocenters. The average molecular weight is 753 g/mol. The normalized spacial score (nSPS) is 18.5. The highest BCUT2D eigenvalue weighted by Gasteiger charge is 2.45. The summed E-state index contributed by atoms with van der Waals surface area (Å²) in [5.74, 6) is 1.09. The lowest BCUT2D eigenvalue weighted by molar-refractivity contribution is -0.124. The van der Waals surface area contributed by atoms with Gasteiger partial charge in [0.1, 0.15) is 22.8 Å². The second-order valence-corrected chi connectivity index (χ2v) is 15.7. The number of hydrogen-bond acceptors (Lipinski definition) is 8. The first kappa shape index (κ1) is 38.1. The molecule has 1 saturated heterocycles. The van der Waals surface area contributed by atoms with Crippen molar-refractivity contribution < 1.29 is 38.1 Å². The lowest BCUT2D eigenvalue weighted by atomic mass is 9.79. The van der Waals surface area contributed by atoms with Crippen molar-refractivity contribution in [1.82, 2.24) is 9.47 Å². The van der Waals surface area contributed by atoms with Gasteiger partial charge in [-0.2, -0.15) is 0 Å². The Hall–Kier alpha value is -5.23. The number of piperidine rings is 1. The van der Waals surface area contributed by atoms with Gasteiger partial charge in [0.15, 0.2) is 6.61 Å². The van der Waals surface area contributed by atoms with Crippen molar-refractivity contribution in [3.05, 3.63) is 78.0 Å². The predicted octanol–water partition coefficient (Wildman–Crippen LogP) is 7.00. The van der Waals surface area contributed by atoms with Crippen molar-refractivity contribution in [2.45, 2.75) is 70.6 Å². The first-order valence-corrected chi connectivity index (χ1v) is 19.1. The van der Waals surface area contributed by atoms with Crippen LogP contribution in [0.3, 0.4) is 0 Å². The Kier molecular flexibility index (Phi) is 11.0. The number of fused-ring (bicyclic) bond motifs is 2. The van der Waals surface area contributed by atoms with Gasteiger partial charge in [-0.1, -0.05) is 18.2 Å². The van der Waals surface area contributed by atoms with Gasteiger partial charge in [0.25, 0.3) is 5.91 Å². The van der Waals surface area contributed by atoms with Crippen LogP contribution in [0.4, 0.5) is 16.2 Å². The zero-order valence-electron chi connectivity index (χ0n) is 32.7. The monoisotopic (exact) mass is 752 g/mol. The molecule has 12 nitrogen and oxygen atoms in total. The summed E-state index contributed by atoms with van der Waals surface area (Å²) in [6.07, 6.45) is 4.73. The Bertz CT molecular complexity index is 2030. The SMILES string of the molecule is COCCCN1C(=O)COc2ccc(N(C(=O)[C@H]3CN(C(=O)OC(C)(C)C)CC[C@@H]3c3cn(Cc4cc(OC)cc(OC)c4)c4ccccc34)C3CC3)cc21. The molecule has 0 spiro atoms. The summed E-state index contributed by atoms with van der Waals surface area (Å²) in [4.78, 5) is 47.3. The fraction of sp³-hybridized carbons (Fsp3) is 0.465. The smallest absolute Gasteiger partial charge is 0.410 e. The van der Waals surface area contributed by atoms with Crippen LogP contribution in [0.5, 0.6) is 17.2 Å². The van der Waals surface area contributed by atoms with Crippen LogP contribution in [0.1, 0.15) is 63.5 Å².